The van der Waals surface area contributed by atoms with Gasteiger partial charge in [0.1, 0.15) is 0 Å². The standard InChI is InChI=1S/C6H11O2.S.Sn.H/c1-4-6(7)8-5(2)3;;;/h5H,1,4H2,2-3H3;;;. The van der Waals surface area contributed by atoms with Crippen LogP contribution in [0.3, 0.4) is 0 Å². The summed E-state index contributed by atoms with van der Waals surface area (Å²) >= 11 is -0.753. The zero-order chi connectivity index (χ0) is 7.98. The summed E-state index contributed by atoms with van der Waals surface area (Å²) in [5, 5.41) is 0. The Morgan fingerprint density at radius 1 is 1.70 bits per heavy atom. The van der Waals surface area contributed by atoms with Gasteiger partial charge in [0.15, 0.2) is 0 Å². The molecule has 0 saturated carbocycles. The molecular formula is C6H12O2SSn. The first kappa shape index (κ1) is 10.5. The summed E-state index contributed by atoms with van der Waals surface area (Å²) < 4.78 is 5.84. The van der Waals surface area contributed by atoms with Gasteiger partial charge < -0.3 is 0 Å². The molecule has 4 heteroatoms. The Bertz CT molecular complexity index is 125. The van der Waals surface area contributed by atoms with Crippen molar-refractivity contribution in [3.8, 4) is 0 Å². The fraction of sp³-hybridized carbons (Fsp3) is 0.833. The first-order valence-corrected chi connectivity index (χ1v) is 10.1. The number of esters is 1. The van der Waals surface area contributed by atoms with Gasteiger partial charge in [-0.25, -0.2) is 0 Å². The Hall–Kier alpha value is 0.489. The number of ether oxygens (including phenoxy) is 1. The predicted molar refractivity (Wildman–Crippen MR) is 45.4 cm³/mol. The van der Waals surface area contributed by atoms with Crippen LogP contribution in [0.4, 0.5) is 0 Å². The third kappa shape index (κ3) is 6.61. The zero-order valence-corrected chi connectivity index (χ0v) is 10.4. The first-order chi connectivity index (χ1) is 4.66. The summed E-state index contributed by atoms with van der Waals surface area (Å²) in [7, 11) is 4.87. The Balaban J connectivity index is 3.34. The van der Waals surface area contributed by atoms with Crippen LogP contribution in [0.5, 0.6) is 0 Å². The second kappa shape index (κ2) is 6.22. The van der Waals surface area contributed by atoms with Crippen molar-refractivity contribution in [1.82, 2.24) is 0 Å². The number of hydrogen-bond acceptors (Lipinski definition) is 3. The fourth-order valence-electron chi connectivity index (χ4n) is 0.499. The number of carbonyl (C=O) groups excluding carboxylic acids is 1. The van der Waals surface area contributed by atoms with Gasteiger partial charge in [0.25, 0.3) is 0 Å². The molecule has 0 spiro atoms. The molecule has 2 nitrogen and oxygen atoms in total. The van der Waals surface area contributed by atoms with Crippen molar-refractivity contribution in [2.45, 2.75) is 30.8 Å². The maximum atomic E-state index is 10.8. The molecule has 0 aliphatic heterocycles. The van der Waals surface area contributed by atoms with Gasteiger partial charge in [0.2, 0.25) is 0 Å². The van der Waals surface area contributed by atoms with E-state index in [9.17, 15) is 4.79 Å². The van der Waals surface area contributed by atoms with Gasteiger partial charge in [-0.15, -0.1) is 0 Å². The van der Waals surface area contributed by atoms with E-state index in [4.69, 9.17) is 14.0 Å². The number of hydrogen-bond donors (Lipinski definition) is 0. The summed E-state index contributed by atoms with van der Waals surface area (Å²) in [6, 6.07) is 0. The molecule has 0 unspecified atom stereocenters. The van der Waals surface area contributed by atoms with E-state index in [1.54, 1.807) is 0 Å². The molecule has 10 heavy (non-hydrogen) atoms. The Morgan fingerprint density at radius 2 is 2.30 bits per heavy atom. The molecule has 0 bridgehead atoms. The fourth-order valence-corrected chi connectivity index (χ4v) is 2.30. The maximum absolute atomic E-state index is 10.8. The van der Waals surface area contributed by atoms with Crippen LogP contribution in [0.1, 0.15) is 20.3 Å². The van der Waals surface area contributed by atoms with Crippen LogP contribution in [-0.2, 0) is 9.53 Å². The van der Waals surface area contributed by atoms with Gasteiger partial charge in [-0.2, -0.15) is 0 Å². The van der Waals surface area contributed by atoms with Crippen LogP contribution in [0.15, 0.2) is 0 Å². The van der Waals surface area contributed by atoms with E-state index in [0.29, 0.717) is 6.42 Å². The average molecular weight is 267 g/mol. The van der Waals surface area contributed by atoms with Crippen LogP contribution < -0.4 is 0 Å². The van der Waals surface area contributed by atoms with Crippen molar-refractivity contribution in [2.24, 2.45) is 0 Å². The van der Waals surface area contributed by atoms with Crippen molar-refractivity contribution in [1.29, 1.82) is 0 Å². The van der Waals surface area contributed by atoms with E-state index < -0.39 is 19.2 Å². The van der Waals surface area contributed by atoms with Crippen molar-refractivity contribution in [3.63, 3.8) is 0 Å². The minimum atomic E-state index is -0.753. The van der Waals surface area contributed by atoms with E-state index in [-0.39, 0.29) is 12.1 Å². The minimum absolute atomic E-state index is 0.0189. The topological polar surface area (TPSA) is 26.3 Å². The summed E-state index contributed by atoms with van der Waals surface area (Å²) in [5.74, 6) is -0.0915. The van der Waals surface area contributed by atoms with E-state index in [0.717, 1.165) is 4.44 Å². The summed E-state index contributed by atoms with van der Waals surface area (Å²) in [5.41, 5.74) is 0. The van der Waals surface area contributed by atoms with Crippen LogP contribution >= 0.6 is 9.29 Å². The van der Waals surface area contributed by atoms with E-state index in [1.807, 2.05) is 13.8 Å². The molecule has 0 aliphatic rings. The molecule has 0 aromatic rings. The van der Waals surface area contributed by atoms with Crippen LogP contribution in [-0.4, -0.2) is 31.3 Å². The quantitative estimate of drug-likeness (QED) is 0.567. The molecular weight excluding hydrogens is 255 g/mol. The molecule has 0 saturated heterocycles. The van der Waals surface area contributed by atoms with Gasteiger partial charge in [-0.05, 0) is 0 Å². The second-order valence-corrected chi connectivity index (χ2v) is 7.08. The Kier molecular flexibility index (Phi) is 6.52. The van der Waals surface area contributed by atoms with Gasteiger partial charge in [0, 0.05) is 0 Å². The van der Waals surface area contributed by atoms with Gasteiger partial charge in [-0.3, -0.25) is 0 Å². The average Bonchev–Trinajstić information content (AvgIpc) is 1.82. The van der Waals surface area contributed by atoms with Gasteiger partial charge in [0.05, 0.1) is 0 Å². The second-order valence-electron chi connectivity index (χ2n) is 2.24. The van der Waals surface area contributed by atoms with Crippen LogP contribution in [0.25, 0.3) is 0 Å². The molecule has 0 radical (unpaired) electrons. The SMILES string of the molecule is CC(C)OC(=O)C[CH2][SnH]=[S]. The van der Waals surface area contributed by atoms with Crippen LogP contribution in [0, 0.1) is 0 Å². The molecule has 0 N–H and O–H groups in total. The van der Waals surface area contributed by atoms with E-state index in [1.165, 1.54) is 0 Å². The summed E-state index contributed by atoms with van der Waals surface area (Å²) in [4.78, 5) is 10.8. The molecule has 0 amide bonds. The third-order valence-corrected chi connectivity index (χ3v) is 3.91. The third-order valence-electron chi connectivity index (χ3n) is 0.833. The van der Waals surface area contributed by atoms with Crippen LogP contribution in [0.2, 0.25) is 4.44 Å². The monoisotopic (exact) mass is 268 g/mol. The zero-order valence-electron chi connectivity index (χ0n) is 6.29. The first-order valence-electron chi connectivity index (χ1n) is 3.30. The summed E-state index contributed by atoms with van der Waals surface area (Å²) in [6.07, 6.45) is 0.563. The molecule has 0 fully saturated rings. The van der Waals surface area contributed by atoms with E-state index >= 15 is 0 Å². The molecule has 0 atom stereocenters. The number of rotatable bonds is 4. The Labute approximate surface area is 74.7 Å². The van der Waals surface area contributed by atoms with Gasteiger partial charge in [-0.1, -0.05) is 0 Å². The van der Waals surface area contributed by atoms with Gasteiger partial charge >= 0.3 is 74.8 Å². The van der Waals surface area contributed by atoms with Crippen molar-refractivity contribution in [2.75, 3.05) is 0 Å². The molecule has 0 aliphatic carbocycles. The summed E-state index contributed by atoms with van der Waals surface area (Å²) in [6.45, 7) is 3.71. The number of carbonyl (C=O) groups is 1. The van der Waals surface area contributed by atoms with E-state index in [2.05, 4.69) is 0 Å². The van der Waals surface area contributed by atoms with Crippen molar-refractivity contribution < 1.29 is 9.53 Å². The molecule has 0 rings (SSSR count). The van der Waals surface area contributed by atoms with Crippen molar-refractivity contribution in [3.05, 3.63) is 0 Å². The molecule has 58 valence electrons. The van der Waals surface area contributed by atoms with Crippen molar-refractivity contribution >= 4 is 34.5 Å². The normalized spacial score (nSPS) is 9.50. The Morgan fingerprint density at radius 3 is 2.70 bits per heavy atom. The molecule has 0 aromatic carbocycles. The predicted octanol–water partition coefficient (Wildman–Crippen LogP) is 1.30. The molecule has 0 aromatic heterocycles. The molecule has 0 heterocycles.